The number of aromatic nitrogens is 1. The molecule has 0 aliphatic heterocycles. The highest BCUT2D eigenvalue weighted by Crippen LogP contribution is 2.31. The molecule has 1 aromatic carbocycles. The molecule has 0 saturated carbocycles. The maximum atomic E-state index is 12.0. The van der Waals surface area contributed by atoms with Crippen molar-refractivity contribution in [3.05, 3.63) is 35.1 Å². The number of benzene rings is 1. The maximum Gasteiger partial charge on any atom is 0.328 e. The minimum atomic E-state index is -1.50. The lowest BCUT2D eigenvalue weighted by molar-refractivity contribution is -0.140. The number of aliphatic hydroxyl groups is 1. The van der Waals surface area contributed by atoms with Crippen molar-refractivity contribution in [3.8, 4) is 5.75 Å². The first kappa shape index (κ1) is 15.0. The van der Waals surface area contributed by atoms with Crippen molar-refractivity contribution in [2.45, 2.75) is 6.04 Å². The van der Waals surface area contributed by atoms with Crippen LogP contribution in [-0.4, -0.2) is 44.8 Å². The van der Waals surface area contributed by atoms with E-state index in [-0.39, 0.29) is 5.15 Å². The van der Waals surface area contributed by atoms with E-state index in [1.54, 1.807) is 24.3 Å². The molecule has 1 amide bonds. The quantitative estimate of drug-likeness (QED) is 0.619. The molecule has 0 radical (unpaired) electrons. The number of amides is 1. The highest BCUT2D eigenvalue weighted by molar-refractivity contribution is 6.34. The van der Waals surface area contributed by atoms with Gasteiger partial charge in [-0.15, -0.1) is 0 Å². The third-order valence-electron chi connectivity index (χ3n) is 2.84. The second-order valence-electron chi connectivity index (χ2n) is 4.19. The van der Waals surface area contributed by atoms with E-state index in [0.29, 0.717) is 10.8 Å². The Kier molecular flexibility index (Phi) is 4.25. The number of halogens is 1. The molecule has 1 aromatic heterocycles. The van der Waals surface area contributed by atoms with Gasteiger partial charge in [0.15, 0.2) is 17.5 Å². The first-order valence-corrected chi connectivity index (χ1v) is 6.25. The van der Waals surface area contributed by atoms with Crippen LogP contribution in [0.25, 0.3) is 10.8 Å². The minimum Gasteiger partial charge on any atom is -0.505 e. The number of hydrogen-bond donors (Lipinski definition) is 4. The molecule has 2 rings (SSSR count). The fraction of sp³-hybridized carbons (Fsp3) is 0.154. The Balaban J connectivity index is 2.45. The summed E-state index contributed by atoms with van der Waals surface area (Å²) in [6.45, 7) is -0.789. The molecule has 0 aliphatic rings. The smallest absolute Gasteiger partial charge is 0.328 e. The van der Waals surface area contributed by atoms with Crippen LogP contribution in [0.2, 0.25) is 5.15 Å². The molecule has 0 fully saturated rings. The predicted octanol–water partition coefficient (Wildman–Crippen LogP) is 0.769. The molecule has 0 unspecified atom stereocenters. The van der Waals surface area contributed by atoms with E-state index in [9.17, 15) is 14.7 Å². The molecular weight excluding hydrogens is 300 g/mol. The number of carbonyl (C=O) groups is 2. The molecular formula is C13H11ClN2O5. The van der Waals surface area contributed by atoms with Crippen LogP contribution in [0, 0.1) is 0 Å². The SMILES string of the molecule is O=C(N[C@@H](CO)C(=O)O)c1nc(Cl)c2ccccc2c1O. The molecule has 8 heteroatoms. The first-order chi connectivity index (χ1) is 9.95. The van der Waals surface area contributed by atoms with Gasteiger partial charge in [0.2, 0.25) is 0 Å². The van der Waals surface area contributed by atoms with Crippen molar-refractivity contribution in [2.24, 2.45) is 0 Å². The molecule has 0 aliphatic carbocycles. The number of aliphatic hydroxyl groups excluding tert-OH is 1. The Bertz CT molecular complexity index is 719. The lowest BCUT2D eigenvalue weighted by Crippen LogP contribution is -2.43. The summed E-state index contributed by atoms with van der Waals surface area (Å²) in [5.41, 5.74) is -0.404. The molecule has 110 valence electrons. The summed E-state index contributed by atoms with van der Waals surface area (Å²) in [6, 6.07) is 5.02. The summed E-state index contributed by atoms with van der Waals surface area (Å²) in [5.74, 6) is -2.76. The number of carboxylic acid groups (broad SMARTS) is 1. The number of carbonyl (C=O) groups excluding carboxylic acids is 1. The van der Waals surface area contributed by atoms with Gasteiger partial charge in [-0.2, -0.15) is 0 Å². The summed E-state index contributed by atoms with van der Waals surface area (Å²) in [4.78, 5) is 26.5. The maximum absolute atomic E-state index is 12.0. The van der Waals surface area contributed by atoms with E-state index < -0.39 is 36.0 Å². The summed E-state index contributed by atoms with van der Waals surface area (Å²) >= 11 is 5.94. The number of carboxylic acids is 1. The normalized spacial score (nSPS) is 12.1. The lowest BCUT2D eigenvalue weighted by atomic mass is 10.1. The summed E-state index contributed by atoms with van der Waals surface area (Å²) < 4.78 is 0. The van der Waals surface area contributed by atoms with Crippen molar-refractivity contribution in [3.63, 3.8) is 0 Å². The molecule has 0 saturated heterocycles. The zero-order valence-electron chi connectivity index (χ0n) is 10.6. The van der Waals surface area contributed by atoms with Gasteiger partial charge in [0.25, 0.3) is 5.91 Å². The zero-order chi connectivity index (χ0) is 15.6. The van der Waals surface area contributed by atoms with Gasteiger partial charge in [-0.3, -0.25) is 4.79 Å². The fourth-order valence-electron chi connectivity index (χ4n) is 1.78. The topological polar surface area (TPSA) is 120 Å². The number of fused-ring (bicyclic) bond motifs is 1. The van der Waals surface area contributed by atoms with Crippen molar-refractivity contribution in [2.75, 3.05) is 6.61 Å². The Labute approximate surface area is 123 Å². The number of pyridine rings is 1. The average Bonchev–Trinajstić information content (AvgIpc) is 2.48. The van der Waals surface area contributed by atoms with Crippen LogP contribution in [0.5, 0.6) is 5.75 Å². The van der Waals surface area contributed by atoms with Gasteiger partial charge in [0, 0.05) is 10.8 Å². The molecule has 0 bridgehead atoms. The third-order valence-corrected chi connectivity index (χ3v) is 3.13. The predicted molar refractivity (Wildman–Crippen MR) is 74.4 cm³/mol. The van der Waals surface area contributed by atoms with Gasteiger partial charge in [0.05, 0.1) is 6.61 Å². The van der Waals surface area contributed by atoms with Crippen LogP contribution < -0.4 is 5.32 Å². The van der Waals surface area contributed by atoms with Crippen LogP contribution in [0.4, 0.5) is 0 Å². The van der Waals surface area contributed by atoms with E-state index >= 15 is 0 Å². The Hall–Kier alpha value is -2.38. The highest BCUT2D eigenvalue weighted by Gasteiger charge is 2.24. The summed E-state index contributed by atoms with van der Waals surface area (Å²) in [7, 11) is 0. The largest absolute Gasteiger partial charge is 0.505 e. The van der Waals surface area contributed by atoms with Gasteiger partial charge in [-0.05, 0) is 0 Å². The van der Waals surface area contributed by atoms with E-state index in [1.807, 2.05) is 5.32 Å². The number of nitrogens with zero attached hydrogens (tertiary/aromatic N) is 1. The Morgan fingerprint density at radius 2 is 1.90 bits per heavy atom. The van der Waals surface area contributed by atoms with Crippen LogP contribution in [0.1, 0.15) is 10.5 Å². The average molecular weight is 311 g/mol. The number of rotatable bonds is 4. The van der Waals surface area contributed by atoms with Crippen molar-refractivity contribution >= 4 is 34.2 Å². The van der Waals surface area contributed by atoms with Gasteiger partial charge < -0.3 is 20.6 Å². The van der Waals surface area contributed by atoms with Gasteiger partial charge in [0.1, 0.15) is 5.15 Å². The van der Waals surface area contributed by atoms with Crippen molar-refractivity contribution < 1.29 is 24.9 Å². The van der Waals surface area contributed by atoms with Crippen molar-refractivity contribution in [1.29, 1.82) is 0 Å². The number of aliphatic carboxylic acids is 1. The van der Waals surface area contributed by atoms with Gasteiger partial charge in [-0.25, -0.2) is 9.78 Å². The van der Waals surface area contributed by atoms with E-state index in [4.69, 9.17) is 21.8 Å². The van der Waals surface area contributed by atoms with Gasteiger partial charge >= 0.3 is 5.97 Å². The zero-order valence-corrected chi connectivity index (χ0v) is 11.3. The fourth-order valence-corrected chi connectivity index (χ4v) is 2.03. The van der Waals surface area contributed by atoms with Crippen LogP contribution in [0.3, 0.4) is 0 Å². The van der Waals surface area contributed by atoms with Crippen LogP contribution in [-0.2, 0) is 4.79 Å². The summed E-state index contributed by atoms with van der Waals surface area (Å²) in [5, 5.41) is 30.6. The molecule has 21 heavy (non-hydrogen) atoms. The highest BCUT2D eigenvalue weighted by atomic mass is 35.5. The molecule has 7 nitrogen and oxygen atoms in total. The summed E-state index contributed by atoms with van der Waals surface area (Å²) in [6.07, 6.45) is 0. The van der Waals surface area contributed by atoms with E-state index in [1.165, 1.54) is 0 Å². The minimum absolute atomic E-state index is 0.00410. The standard InChI is InChI=1S/C13H11ClN2O5/c14-11-7-4-2-1-3-6(7)10(18)9(16-11)12(19)15-8(5-17)13(20)21/h1-4,8,17-18H,5H2,(H,15,19)(H,20,21)/t8-/m0/s1. The number of nitrogens with one attached hydrogen (secondary N) is 1. The molecule has 1 atom stereocenters. The van der Waals surface area contributed by atoms with Crippen molar-refractivity contribution in [1.82, 2.24) is 10.3 Å². The Morgan fingerprint density at radius 3 is 2.48 bits per heavy atom. The van der Waals surface area contributed by atoms with Crippen LogP contribution in [0.15, 0.2) is 24.3 Å². The van der Waals surface area contributed by atoms with E-state index in [0.717, 1.165) is 0 Å². The Morgan fingerprint density at radius 1 is 1.29 bits per heavy atom. The number of hydrogen-bond acceptors (Lipinski definition) is 5. The second kappa shape index (κ2) is 5.94. The molecule has 4 N–H and O–H groups in total. The first-order valence-electron chi connectivity index (χ1n) is 5.87. The molecule has 2 aromatic rings. The molecule has 0 spiro atoms. The van der Waals surface area contributed by atoms with E-state index in [2.05, 4.69) is 4.98 Å². The van der Waals surface area contributed by atoms with Crippen LogP contribution >= 0.6 is 11.6 Å². The number of aromatic hydroxyl groups is 1. The molecule has 1 heterocycles. The monoisotopic (exact) mass is 310 g/mol. The second-order valence-corrected chi connectivity index (χ2v) is 4.55. The van der Waals surface area contributed by atoms with Gasteiger partial charge in [-0.1, -0.05) is 35.9 Å². The lowest BCUT2D eigenvalue weighted by Gasteiger charge is -2.13. The third kappa shape index (κ3) is 2.88.